The summed E-state index contributed by atoms with van der Waals surface area (Å²) in [5.41, 5.74) is 0. The van der Waals surface area contributed by atoms with Crippen molar-refractivity contribution < 1.29 is 4.57 Å². The largest absolute Gasteiger partial charge is 0.249 e. The minimum absolute atomic E-state index is 0.722. The summed E-state index contributed by atoms with van der Waals surface area (Å²) >= 11 is 5.56. The molecule has 1 rings (SSSR count). The number of aryl methyl sites for hydroxylation is 1. The van der Waals surface area contributed by atoms with Crippen LogP contribution < -0.4 is 4.57 Å². The number of hydrogen-bond donors (Lipinski definition) is 1. The van der Waals surface area contributed by atoms with Gasteiger partial charge in [0.05, 0.1) is 7.05 Å². The Morgan fingerprint density at radius 2 is 2.57 bits per heavy atom. The van der Waals surface area contributed by atoms with Gasteiger partial charge in [-0.25, -0.2) is 9.55 Å². The van der Waals surface area contributed by atoms with Crippen molar-refractivity contribution >= 4 is 11.6 Å². The molecule has 0 saturated heterocycles. The molecule has 2 nitrogen and oxygen atoms in total. The van der Waals surface area contributed by atoms with Crippen LogP contribution in [0.25, 0.3) is 0 Å². The Hall–Kier alpha value is -0.500. The maximum absolute atomic E-state index is 5.56. The molecule has 1 heterocycles. The minimum atomic E-state index is 0.722. The summed E-state index contributed by atoms with van der Waals surface area (Å²) in [6, 6.07) is 0. The van der Waals surface area contributed by atoms with Gasteiger partial charge in [-0.1, -0.05) is 0 Å². The van der Waals surface area contributed by atoms with Crippen LogP contribution in [0, 0.1) is 0 Å². The maximum Gasteiger partial charge on any atom is 0.242 e. The first kappa shape index (κ1) is 4.65. The standard InChI is InChI=1S/C4H5ClN2/c1-7-3-6-2-4(7)5/h2-3H,1H3/p+1. The van der Waals surface area contributed by atoms with Crippen molar-refractivity contribution in [3.8, 4) is 0 Å². The normalized spacial score (nSPS) is 9.43. The van der Waals surface area contributed by atoms with Crippen molar-refractivity contribution in [1.82, 2.24) is 4.98 Å². The second kappa shape index (κ2) is 1.54. The van der Waals surface area contributed by atoms with E-state index in [1.54, 1.807) is 17.1 Å². The first-order valence-electron chi connectivity index (χ1n) is 1.98. The number of nitrogens with zero attached hydrogens (tertiary/aromatic N) is 1. The van der Waals surface area contributed by atoms with Crippen LogP contribution in [0.2, 0.25) is 5.15 Å². The van der Waals surface area contributed by atoms with Crippen molar-refractivity contribution in [2.45, 2.75) is 0 Å². The monoisotopic (exact) mass is 117 g/mol. The van der Waals surface area contributed by atoms with Crippen molar-refractivity contribution in [3.05, 3.63) is 17.7 Å². The molecule has 3 heteroatoms. The predicted molar refractivity (Wildman–Crippen MR) is 27.0 cm³/mol. The molecule has 0 unspecified atom stereocenters. The second-order valence-electron chi connectivity index (χ2n) is 1.37. The van der Waals surface area contributed by atoms with Crippen LogP contribution in [0.1, 0.15) is 0 Å². The number of rotatable bonds is 0. The summed E-state index contributed by atoms with van der Waals surface area (Å²) in [7, 11) is 1.87. The van der Waals surface area contributed by atoms with Crippen LogP contribution in [0.4, 0.5) is 0 Å². The Kier molecular flexibility index (Phi) is 1.02. The van der Waals surface area contributed by atoms with E-state index in [0.29, 0.717) is 0 Å². The van der Waals surface area contributed by atoms with Crippen molar-refractivity contribution in [2.24, 2.45) is 7.05 Å². The molecule has 1 aromatic rings. The number of hydrogen-bond acceptors (Lipinski definition) is 0. The zero-order chi connectivity index (χ0) is 5.28. The highest BCUT2D eigenvalue weighted by atomic mass is 35.5. The van der Waals surface area contributed by atoms with Crippen molar-refractivity contribution in [2.75, 3.05) is 0 Å². The molecule has 0 fully saturated rings. The van der Waals surface area contributed by atoms with Gasteiger partial charge >= 0.3 is 0 Å². The number of nitrogens with one attached hydrogen (secondary N) is 1. The van der Waals surface area contributed by atoms with Gasteiger partial charge in [0.2, 0.25) is 11.5 Å². The van der Waals surface area contributed by atoms with Crippen molar-refractivity contribution in [1.29, 1.82) is 0 Å². The molecule has 0 atom stereocenters. The molecule has 1 aromatic heterocycles. The average Bonchev–Trinajstić information content (AvgIpc) is 1.91. The van der Waals surface area contributed by atoms with Crippen LogP contribution in [-0.2, 0) is 7.05 Å². The lowest BCUT2D eigenvalue weighted by Gasteiger charge is -1.75. The number of halogens is 1. The fraction of sp³-hybridized carbons (Fsp3) is 0.250. The highest BCUT2D eigenvalue weighted by molar-refractivity contribution is 6.28. The lowest BCUT2D eigenvalue weighted by Crippen LogP contribution is -2.25. The van der Waals surface area contributed by atoms with E-state index in [1.807, 2.05) is 7.05 Å². The van der Waals surface area contributed by atoms with Crippen LogP contribution in [0.5, 0.6) is 0 Å². The van der Waals surface area contributed by atoms with Gasteiger partial charge in [-0.3, -0.25) is 0 Å². The molecule has 0 spiro atoms. The molecule has 0 saturated carbocycles. The molecule has 0 aliphatic rings. The zero-order valence-electron chi connectivity index (χ0n) is 3.98. The quantitative estimate of drug-likeness (QED) is 0.478. The Balaban J connectivity index is 3.12. The van der Waals surface area contributed by atoms with Gasteiger partial charge in [-0.2, -0.15) is 0 Å². The fourth-order valence-electron chi connectivity index (χ4n) is 0.381. The Morgan fingerprint density at radius 3 is 2.71 bits per heavy atom. The SMILES string of the molecule is C[n+]1c[nH]cc1Cl. The van der Waals surface area contributed by atoms with E-state index in [1.165, 1.54) is 0 Å². The minimum Gasteiger partial charge on any atom is -0.249 e. The fourth-order valence-corrected chi connectivity index (χ4v) is 0.493. The zero-order valence-corrected chi connectivity index (χ0v) is 4.74. The summed E-state index contributed by atoms with van der Waals surface area (Å²) in [6.45, 7) is 0. The first-order chi connectivity index (χ1) is 3.30. The summed E-state index contributed by atoms with van der Waals surface area (Å²) in [4.78, 5) is 2.83. The Morgan fingerprint density at radius 1 is 1.86 bits per heavy atom. The molecule has 0 bridgehead atoms. The summed E-state index contributed by atoms with van der Waals surface area (Å²) in [5, 5.41) is 0.722. The lowest BCUT2D eigenvalue weighted by molar-refractivity contribution is -0.667. The highest BCUT2D eigenvalue weighted by Crippen LogP contribution is 1.93. The van der Waals surface area contributed by atoms with Crippen LogP contribution in [0.3, 0.4) is 0 Å². The van der Waals surface area contributed by atoms with Gasteiger partial charge in [0.25, 0.3) is 0 Å². The maximum atomic E-state index is 5.56. The van der Waals surface area contributed by atoms with E-state index in [-0.39, 0.29) is 0 Å². The summed E-state index contributed by atoms with van der Waals surface area (Å²) < 4.78 is 1.79. The van der Waals surface area contributed by atoms with Gasteiger partial charge in [0.1, 0.15) is 6.20 Å². The number of aromatic nitrogens is 2. The van der Waals surface area contributed by atoms with Crippen LogP contribution >= 0.6 is 11.6 Å². The van der Waals surface area contributed by atoms with Crippen LogP contribution in [-0.4, -0.2) is 4.98 Å². The third-order valence-electron chi connectivity index (χ3n) is 0.808. The lowest BCUT2D eigenvalue weighted by atomic mass is 10.9. The van der Waals surface area contributed by atoms with Gasteiger partial charge in [0, 0.05) is 0 Å². The molecule has 1 N–H and O–H groups in total. The molecule has 0 amide bonds. The van der Waals surface area contributed by atoms with Gasteiger partial charge < -0.3 is 0 Å². The molecular formula is C4H6ClN2+. The number of imidazole rings is 1. The third kappa shape index (κ3) is 0.747. The van der Waals surface area contributed by atoms with Crippen molar-refractivity contribution in [3.63, 3.8) is 0 Å². The topological polar surface area (TPSA) is 19.7 Å². The smallest absolute Gasteiger partial charge is 0.242 e. The van der Waals surface area contributed by atoms with E-state index < -0.39 is 0 Å². The molecule has 0 aliphatic heterocycles. The molecule has 0 radical (unpaired) electrons. The number of aromatic amines is 1. The van der Waals surface area contributed by atoms with E-state index in [9.17, 15) is 0 Å². The Labute approximate surface area is 46.7 Å². The molecule has 0 aromatic carbocycles. The van der Waals surface area contributed by atoms with Gasteiger partial charge in [-0.05, 0) is 11.6 Å². The van der Waals surface area contributed by atoms with E-state index in [0.717, 1.165) is 5.15 Å². The predicted octanol–water partition coefficient (Wildman–Crippen LogP) is 0.493. The molecule has 7 heavy (non-hydrogen) atoms. The highest BCUT2D eigenvalue weighted by Gasteiger charge is 1.95. The Bertz CT molecular complexity index is 142. The molecular weight excluding hydrogens is 112 g/mol. The van der Waals surface area contributed by atoms with E-state index in [4.69, 9.17) is 11.6 Å². The second-order valence-corrected chi connectivity index (χ2v) is 1.76. The van der Waals surface area contributed by atoms with Gasteiger partial charge in [-0.15, -0.1) is 0 Å². The van der Waals surface area contributed by atoms with Gasteiger partial charge in [0.15, 0.2) is 0 Å². The molecule has 0 aliphatic carbocycles. The van der Waals surface area contributed by atoms with Crippen LogP contribution in [0.15, 0.2) is 12.5 Å². The summed E-state index contributed by atoms with van der Waals surface area (Å²) in [5.74, 6) is 0. The molecule has 38 valence electrons. The average molecular weight is 118 g/mol. The number of H-pyrrole nitrogens is 1. The first-order valence-corrected chi connectivity index (χ1v) is 2.36. The van der Waals surface area contributed by atoms with E-state index >= 15 is 0 Å². The van der Waals surface area contributed by atoms with E-state index in [2.05, 4.69) is 4.98 Å². The summed E-state index contributed by atoms with van der Waals surface area (Å²) in [6.07, 6.45) is 3.50. The third-order valence-corrected chi connectivity index (χ3v) is 1.18.